The molecule has 0 atom stereocenters. The zero-order valence-electron chi connectivity index (χ0n) is 17.4. The van der Waals surface area contributed by atoms with E-state index in [1.165, 1.54) is 0 Å². The van der Waals surface area contributed by atoms with Gasteiger partial charge in [0.1, 0.15) is 18.8 Å². The molecule has 8 heteroatoms. The summed E-state index contributed by atoms with van der Waals surface area (Å²) in [5, 5.41) is 8.46. The fraction of sp³-hybridized carbons (Fsp3) is 0.429. The first-order chi connectivity index (χ1) is 14.0. The van der Waals surface area contributed by atoms with Crippen LogP contribution in [0.2, 0.25) is 0 Å². The Kier molecular flexibility index (Phi) is 6.77. The number of rotatable bonds is 9. The van der Waals surface area contributed by atoms with Gasteiger partial charge in [0, 0.05) is 12.1 Å². The predicted molar refractivity (Wildman–Crippen MR) is 109 cm³/mol. The van der Waals surface area contributed by atoms with E-state index in [4.69, 9.17) is 9.26 Å². The molecule has 0 spiro atoms. The average Bonchev–Trinajstić information content (AvgIpc) is 3.32. The second-order valence-electron chi connectivity index (χ2n) is 6.87. The molecule has 8 nitrogen and oxygen atoms in total. The Labute approximate surface area is 170 Å². The smallest absolute Gasteiger partial charge is 0.327 e. The van der Waals surface area contributed by atoms with Crippen LogP contribution in [-0.4, -0.2) is 57.0 Å². The van der Waals surface area contributed by atoms with Crippen molar-refractivity contribution in [3.63, 3.8) is 0 Å². The molecule has 0 bridgehead atoms. The van der Waals surface area contributed by atoms with Crippen molar-refractivity contribution < 1.29 is 14.1 Å². The minimum Gasteiger partial charge on any atom is -0.463 e. The molecule has 2 heterocycles. The van der Waals surface area contributed by atoms with E-state index in [9.17, 15) is 4.79 Å². The van der Waals surface area contributed by atoms with Gasteiger partial charge in [0.2, 0.25) is 5.82 Å². The van der Waals surface area contributed by atoms with Crippen LogP contribution in [-0.2, 0) is 16.1 Å². The maximum Gasteiger partial charge on any atom is 0.327 e. The van der Waals surface area contributed by atoms with Crippen molar-refractivity contribution in [2.45, 2.75) is 34.2 Å². The van der Waals surface area contributed by atoms with E-state index < -0.39 is 0 Å². The largest absolute Gasteiger partial charge is 0.463 e. The lowest BCUT2D eigenvalue weighted by Gasteiger charge is -2.17. The first kappa shape index (κ1) is 20.7. The zero-order valence-corrected chi connectivity index (χ0v) is 17.4. The number of benzene rings is 1. The van der Waals surface area contributed by atoms with Gasteiger partial charge in [-0.05, 0) is 45.1 Å². The van der Waals surface area contributed by atoms with Crippen LogP contribution in [0, 0.1) is 13.8 Å². The molecular formula is C21H27N5O3. The standard InChI is InChI=1S/C21H27N5O3/c1-5-25(6-2)10-11-28-19(27)14-26-18(13-16(4)23-26)20-22-21(29-24-20)17-9-7-8-15(3)12-17/h7-9,12-13H,5-6,10-11,14H2,1-4H3. The molecule has 0 saturated heterocycles. The van der Waals surface area contributed by atoms with Crippen LogP contribution in [0.25, 0.3) is 23.0 Å². The first-order valence-electron chi connectivity index (χ1n) is 9.83. The summed E-state index contributed by atoms with van der Waals surface area (Å²) in [5.41, 5.74) is 3.33. The average molecular weight is 397 g/mol. The third-order valence-electron chi connectivity index (χ3n) is 4.67. The molecule has 154 valence electrons. The number of carbonyl (C=O) groups is 1. The summed E-state index contributed by atoms with van der Waals surface area (Å²) in [4.78, 5) is 18.9. The van der Waals surface area contributed by atoms with E-state index in [0.717, 1.165) is 29.9 Å². The van der Waals surface area contributed by atoms with Gasteiger partial charge in [-0.2, -0.15) is 10.1 Å². The van der Waals surface area contributed by atoms with Crippen molar-refractivity contribution in [2.24, 2.45) is 0 Å². The first-order valence-corrected chi connectivity index (χ1v) is 9.83. The highest BCUT2D eigenvalue weighted by atomic mass is 16.5. The Bertz CT molecular complexity index is 959. The van der Waals surface area contributed by atoms with Gasteiger partial charge in [0.15, 0.2) is 0 Å². The highest BCUT2D eigenvalue weighted by Crippen LogP contribution is 2.23. The molecule has 0 unspecified atom stereocenters. The zero-order chi connectivity index (χ0) is 20.8. The normalized spacial score (nSPS) is 11.2. The maximum atomic E-state index is 12.3. The maximum absolute atomic E-state index is 12.3. The summed E-state index contributed by atoms with van der Waals surface area (Å²) < 4.78 is 12.3. The van der Waals surface area contributed by atoms with E-state index in [1.54, 1.807) is 4.68 Å². The van der Waals surface area contributed by atoms with Crippen LogP contribution in [0.4, 0.5) is 0 Å². The minimum atomic E-state index is -0.344. The van der Waals surface area contributed by atoms with Crippen molar-refractivity contribution in [3.8, 4) is 23.0 Å². The Balaban J connectivity index is 1.70. The summed E-state index contributed by atoms with van der Waals surface area (Å²) in [5.74, 6) is 0.470. The van der Waals surface area contributed by atoms with Crippen molar-refractivity contribution in [1.29, 1.82) is 0 Å². The van der Waals surface area contributed by atoms with Crippen molar-refractivity contribution in [1.82, 2.24) is 24.8 Å². The second-order valence-corrected chi connectivity index (χ2v) is 6.87. The van der Waals surface area contributed by atoms with Gasteiger partial charge in [-0.15, -0.1) is 0 Å². The van der Waals surface area contributed by atoms with E-state index in [1.807, 2.05) is 44.2 Å². The van der Waals surface area contributed by atoms with Gasteiger partial charge in [-0.3, -0.25) is 4.79 Å². The molecule has 29 heavy (non-hydrogen) atoms. The lowest BCUT2D eigenvalue weighted by molar-refractivity contribution is -0.144. The van der Waals surface area contributed by atoms with Crippen molar-refractivity contribution in [3.05, 3.63) is 41.6 Å². The van der Waals surface area contributed by atoms with Crippen LogP contribution in [0.1, 0.15) is 25.1 Å². The van der Waals surface area contributed by atoms with Gasteiger partial charge in [0.05, 0.1) is 5.69 Å². The van der Waals surface area contributed by atoms with Crippen LogP contribution >= 0.6 is 0 Å². The third kappa shape index (κ3) is 5.29. The fourth-order valence-corrected chi connectivity index (χ4v) is 3.07. The van der Waals surface area contributed by atoms with E-state index >= 15 is 0 Å². The quantitative estimate of drug-likeness (QED) is 0.513. The third-order valence-corrected chi connectivity index (χ3v) is 4.67. The number of nitrogens with zero attached hydrogens (tertiary/aromatic N) is 5. The molecule has 0 fully saturated rings. The minimum absolute atomic E-state index is 0.00422. The SMILES string of the molecule is CCN(CC)CCOC(=O)Cn1nc(C)cc1-c1noc(-c2cccc(C)c2)n1. The topological polar surface area (TPSA) is 86.3 Å². The van der Waals surface area contributed by atoms with Crippen LogP contribution in [0.5, 0.6) is 0 Å². The van der Waals surface area contributed by atoms with E-state index in [2.05, 4.69) is 34.0 Å². The number of aryl methyl sites for hydroxylation is 2. The number of carbonyl (C=O) groups excluding carboxylic acids is 1. The number of likely N-dealkylation sites (N-methyl/N-ethyl adjacent to an activating group) is 1. The molecular weight excluding hydrogens is 370 g/mol. The van der Waals surface area contributed by atoms with Crippen molar-refractivity contribution in [2.75, 3.05) is 26.2 Å². The molecule has 0 aliphatic heterocycles. The summed E-state index contributed by atoms with van der Waals surface area (Å²) in [7, 11) is 0. The van der Waals surface area contributed by atoms with Gasteiger partial charge < -0.3 is 14.2 Å². The lowest BCUT2D eigenvalue weighted by atomic mass is 10.1. The Morgan fingerprint density at radius 2 is 2.00 bits per heavy atom. The fourth-order valence-electron chi connectivity index (χ4n) is 3.07. The molecule has 0 aliphatic rings. The molecule has 0 saturated carbocycles. The highest BCUT2D eigenvalue weighted by Gasteiger charge is 2.18. The van der Waals surface area contributed by atoms with Gasteiger partial charge in [-0.1, -0.05) is 36.7 Å². The van der Waals surface area contributed by atoms with Crippen LogP contribution in [0.3, 0.4) is 0 Å². The summed E-state index contributed by atoms with van der Waals surface area (Å²) in [6.45, 7) is 11.0. The molecule has 0 amide bonds. The van der Waals surface area contributed by atoms with Gasteiger partial charge in [-0.25, -0.2) is 4.68 Å². The predicted octanol–water partition coefficient (Wildman–Crippen LogP) is 3.10. The monoisotopic (exact) mass is 397 g/mol. The van der Waals surface area contributed by atoms with Crippen molar-refractivity contribution >= 4 is 5.97 Å². The molecule has 3 aromatic rings. The lowest BCUT2D eigenvalue weighted by Crippen LogP contribution is -2.28. The number of hydrogen-bond acceptors (Lipinski definition) is 7. The van der Waals surface area contributed by atoms with E-state index in [-0.39, 0.29) is 12.5 Å². The Morgan fingerprint density at radius 3 is 2.72 bits per heavy atom. The summed E-state index contributed by atoms with van der Waals surface area (Å²) in [6, 6.07) is 9.67. The van der Waals surface area contributed by atoms with Crippen LogP contribution < -0.4 is 0 Å². The van der Waals surface area contributed by atoms with E-state index in [0.29, 0.717) is 30.6 Å². The van der Waals surface area contributed by atoms with Gasteiger partial charge >= 0.3 is 5.97 Å². The molecule has 0 aliphatic carbocycles. The Morgan fingerprint density at radius 1 is 1.21 bits per heavy atom. The summed E-state index contributed by atoms with van der Waals surface area (Å²) in [6.07, 6.45) is 0. The highest BCUT2D eigenvalue weighted by molar-refractivity contribution is 5.70. The molecule has 0 N–H and O–H groups in total. The molecule has 2 aromatic heterocycles. The number of esters is 1. The molecule has 3 rings (SSSR count). The molecule has 0 radical (unpaired) electrons. The number of ether oxygens (including phenoxy) is 1. The second kappa shape index (κ2) is 9.47. The van der Waals surface area contributed by atoms with Crippen LogP contribution in [0.15, 0.2) is 34.9 Å². The molecule has 1 aromatic carbocycles. The summed E-state index contributed by atoms with van der Waals surface area (Å²) >= 11 is 0. The van der Waals surface area contributed by atoms with Gasteiger partial charge in [0.25, 0.3) is 5.89 Å². The Hall–Kier alpha value is -3.00. The number of aromatic nitrogens is 4. The number of hydrogen-bond donors (Lipinski definition) is 0.